The Labute approximate surface area is 169 Å². The zero-order valence-corrected chi connectivity index (χ0v) is 15.8. The highest BCUT2D eigenvalue weighted by Gasteiger charge is 2.14. The van der Waals surface area contributed by atoms with E-state index in [1.807, 2.05) is 36.4 Å². The molecule has 0 saturated carbocycles. The molecule has 0 spiro atoms. The number of carbonyl (C=O) groups is 2. The molecule has 0 radical (unpaired) electrons. The van der Waals surface area contributed by atoms with Crippen LogP contribution in [0.15, 0.2) is 79.4 Å². The molecule has 0 atom stereocenters. The number of ether oxygens (including phenoxy) is 1. The van der Waals surface area contributed by atoms with Gasteiger partial charge in [0.2, 0.25) is 0 Å². The van der Waals surface area contributed by atoms with E-state index >= 15 is 0 Å². The zero-order chi connectivity index (χ0) is 20.6. The van der Waals surface area contributed by atoms with Crippen LogP contribution in [0.4, 0.5) is 5.69 Å². The van der Waals surface area contributed by atoms with Gasteiger partial charge in [0.05, 0.1) is 12.0 Å². The number of carboxylic acid groups (broad SMARTS) is 1. The Hall–Kier alpha value is -3.86. The number of benzene rings is 3. The Morgan fingerprint density at radius 3 is 2.45 bits per heavy atom. The topological polar surface area (TPSA) is 75.6 Å². The average molecular weight is 387 g/mol. The second-order valence-corrected chi connectivity index (χ2v) is 6.46. The van der Waals surface area contributed by atoms with E-state index in [2.05, 4.69) is 11.9 Å². The Bertz CT molecular complexity index is 1030. The maximum absolute atomic E-state index is 12.9. The van der Waals surface area contributed by atoms with Gasteiger partial charge in [-0.15, -0.1) is 0 Å². The van der Waals surface area contributed by atoms with Gasteiger partial charge in [-0.05, 0) is 41.0 Å². The van der Waals surface area contributed by atoms with E-state index < -0.39 is 5.97 Å². The van der Waals surface area contributed by atoms with Gasteiger partial charge in [-0.2, -0.15) is 0 Å². The van der Waals surface area contributed by atoms with Crippen molar-refractivity contribution in [3.05, 3.63) is 102 Å². The van der Waals surface area contributed by atoms with Crippen LogP contribution in [-0.2, 0) is 17.8 Å². The Morgan fingerprint density at radius 1 is 0.966 bits per heavy atom. The van der Waals surface area contributed by atoms with Crippen molar-refractivity contribution >= 4 is 23.6 Å². The lowest BCUT2D eigenvalue weighted by molar-refractivity contribution is -0.136. The molecule has 5 heteroatoms. The lowest BCUT2D eigenvalue weighted by atomic mass is 10.1. The van der Waals surface area contributed by atoms with Gasteiger partial charge in [0.25, 0.3) is 5.91 Å². The highest BCUT2D eigenvalue weighted by atomic mass is 16.5. The summed E-state index contributed by atoms with van der Waals surface area (Å²) in [5.74, 6) is -0.813. The summed E-state index contributed by atoms with van der Waals surface area (Å²) in [6.45, 7) is 4.09. The molecule has 0 aliphatic carbocycles. The highest BCUT2D eigenvalue weighted by molar-refractivity contribution is 6.06. The lowest BCUT2D eigenvalue weighted by Gasteiger charge is -2.13. The molecular formula is C24H21NO4. The van der Waals surface area contributed by atoms with E-state index in [1.54, 1.807) is 42.5 Å². The summed E-state index contributed by atoms with van der Waals surface area (Å²) in [6, 6.07) is 21.7. The van der Waals surface area contributed by atoms with Crippen LogP contribution in [0.25, 0.3) is 6.08 Å². The highest BCUT2D eigenvalue weighted by Crippen LogP contribution is 2.24. The molecule has 3 rings (SSSR count). The molecule has 0 unspecified atom stereocenters. The molecule has 5 nitrogen and oxygen atoms in total. The number of nitrogens with one attached hydrogen (secondary N) is 1. The molecule has 0 bridgehead atoms. The monoisotopic (exact) mass is 387 g/mol. The number of carbonyl (C=O) groups excluding carboxylic acids is 1. The van der Waals surface area contributed by atoms with Crippen LogP contribution in [0.1, 0.15) is 27.0 Å². The first-order valence-electron chi connectivity index (χ1n) is 9.10. The van der Waals surface area contributed by atoms with Gasteiger partial charge in [-0.25, -0.2) is 0 Å². The van der Waals surface area contributed by atoms with Crippen molar-refractivity contribution in [1.29, 1.82) is 0 Å². The second-order valence-electron chi connectivity index (χ2n) is 6.46. The third-order valence-electron chi connectivity index (χ3n) is 4.26. The van der Waals surface area contributed by atoms with Gasteiger partial charge in [0, 0.05) is 5.69 Å². The molecule has 0 saturated heterocycles. The molecule has 3 aromatic carbocycles. The van der Waals surface area contributed by atoms with E-state index in [-0.39, 0.29) is 12.3 Å². The van der Waals surface area contributed by atoms with Crippen molar-refractivity contribution in [2.75, 3.05) is 5.32 Å². The van der Waals surface area contributed by atoms with Crippen LogP contribution in [0.3, 0.4) is 0 Å². The molecule has 1 amide bonds. The minimum absolute atomic E-state index is 0.110. The quantitative estimate of drug-likeness (QED) is 0.583. The van der Waals surface area contributed by atoms with Crippen LogP contribution >= 0.6 is 0 Å². The van der Waals surface area contributed by atoms with Crippen LogP contribution in [-0.4, -0.2) is 17.0 Å². The van der Waals surface area contributed by atoms with Crippen molar-refractivity contribution in [3.8, 4) is 5.75 Å². The molecule has 0 aliphatic rings. The molecule has 29 heavy (non-hydrogen) atoms. The largest absolute Gasteiger partial charge is 0.488 e. The first kappa shape index (κ1) is 19.9. The zero-order valence-electron chi connectivity index (χ0n) is 15.8. The van der Waals surface area contributed by atoms with Crippen molar-refractivity contribution in [2.24, 2.45) is 0 Å². The summed E-state index contributed by atoms with van der Waals surface area (Å²) in [6.07, 6.45) is 1.55. The van der Waals surface area contributed by atoms with E-state index in [0.717, 1.165) is 11.1 Å². The smallest absolute Gasteiger partial charge is 0.307 e. The third kappa shape index (κ3) is 5.56. The van der Waals surface area contributed by atoms with Gasteiger partial charge in [0.15, 0.2) is 0 Å². The summed E-state index contributed by atoms with van der Waals surface area (Å²) in [7, 11) is 0. The normalized spacial score (nSPS) is 10.2. The Morgan fingerprint density at radius 2 is 1.72 bits per heavy atom. The first-order chi connectivity index (χ1) is 14.0. The van der Waals surface area contributed by atoms with Crippen LogP contribution in [0, 0.1) is 0 Å². The van der Waals surface area contributed by atoms with Crippen LogP contribution < -0.4 is 10.1 Å². The fraction of sp³-hybridized carbons (Fsp3) is 0.0833. The molecule has 0 heterocycles. The molecule has 3 aromatic rings. The summed E-state index contributed by atoms with van der Waals surface area (Å²) in [4.78, 5) is 23.8. The first-order valence-corrected chi connectivity index (χ1v) is 9.10. The van der Waals surface area contributed by atoms with Crippen LogP contribution in [0.2, 0.25) is 0 Å². The maximum Gasteiger partial charge on any atom is 0.307 e. The minimum atomic E-state index is -0.927. The number of carboxylic acids is 1. The predicted molar refractivity (Wildman–Crippen MR) is 113 cm³/mol. The van der Waals surface area contributed by atoms with Gasteiger partial charge in [-0.3, -0.25) is 9.59 Å². The van der Waals surface area contributed by atoms with Crippen molar-refractivity contribution in [2.45, 2.75) is 13.0 Å². The van der Waals surface area contributed by atoms with Crippen molar-refractivity contribution in [3.63, 3.8) is 0 Å². The number of aliphatic carboxylic acids is 1. The molecule has 0 fully saturated rings. The van der Waals surface area contributed by atoms with Crippen molar-refractivity contribution < 1.29 is 19.4 Å². The molecular weight excluding hydrogens is 366 g/mol. The van der Waals surface area contributed by atoms with E-state index in [4.69, 9.17) is 9.84 Å². The SMILES string of the molecule is C=Cc1ccc(OCc2ccccc2)c(C(=O)Nc2cccc(CC(=O)O)c2)c1. The molecule has 2 N–H and O–H groups in total. The van der Waals surface area contributed by atoms with Gasteiger partial charge in [0.1, 0.15) is 12.4 Å². The number of anilines is 1. The van der Waals surface area contributed by atoms with E-state index in [1.165, 1.54) is 0 Å². The molecule has 0 aliphatic heterocycles. The standard InChI is InChI=1S/C24H21NO4/c1-2-17-11-12-22(29-16-18-7-4-3-5-8-18)21(14-17)24(28)25-20-10-6-9-19(13-20)15-23(26)27/h2-14H,1,15-16H2,(H,25,28)(H,26,27). The fourth-order valence-corrected chi connectivity index (χ4v) is 2.85. The third-order valence-corrected chi connectivity index (χ3v) is 4.26. The number of hydrogen-bond donors (Lipinski definition) is 2. The average Bonchev–Trinajstić information content (AvgIpc) is 2.72. The van der Waals surface area contributed by atoms with Crippen molar-refractivity contribution in [1.82, 2.24) is 0 Å². The summed E-state index contributed by atoms with van der Waals surface area (Å²) < 4.78 is 5.89. The Kier molecular flexibility index (Phi) is 6.43. The minimum Gasteiger partial charge on any atom is -0.488 e. The van der Waals surface area contributed by atoms with Crippen LogP contribution in [0.5, 0.6) is 5.75 Å². The summed E-state index contributed by atoms with van der Waals surface area (Å²) in [5.41, 5.74) is 3.29. The number of hydrogen-bond acceptors (Lipinski definition) is 3. The summed E-state index contributed by atoms with van der Waals surface area (Å²) >= 11 is 0. The van der Waals surface area contributed by atoms with Gasteiger partial charge in [-0.1, -0.05) is 61.2 Å². The second kappa shape index (κ2) is 9.37. The fourth-order valence-electron chi connectivity index (χ4n) is 2.85. The van der Waals surface area contributed by atoms with E-state index in [9.17, 15) is 9.59 Å². The summed E-state index contributed by atoms with van der Waals surface area (Å²) in [5, 5.41) is 11.8. The lowest BCUT2D eigenvalue weighted by Crippen LogP contribution is -2.14. The number of amides is 1. The Balaban J connectivity index is 1.81. The van der Waals surface area contributed by atoms with Gasteiger partial charge >= 0.3 is 5.97 Å². The predicted octanol–water partition coefficient (Wildman–Crippen LogP) is 4.79. The molecule has 0 aromatic heterocycles. The molecule has 146 valence electrons. The van der Waals surface area contributed by atoms with Gasteiger partial charge < -0.3 is 15.2 Å². The maximum atomic E-state index is 12.9. The number of rotatable bonds is 8. The van der Waals surface area contributed by atoms with E-state index in [0.29, 0.717) is 29.2 Å².